The average Bonchev–Trinajstić information content (AvgIpc) is 2.51. The third-order valence-corrected chi connectivity index (χ3v) is 3.71. The highest BCUT2D eigenvalue weighted by molar-refractivity contribution is 7.98. The number of carbonyl (C=O) groups excluding carboxylic acids is 1. The Hall–Kier alpha value is -1.56. The molecule has 1 N–H and O–H groups in total. The van der Waals surface area contributed by atoms with Crippen molar-refractivity contribution >= 4 is 17.7 Å². The van der Waals surface area contributed by atoms with Gasteiger partial charge in [0.05, 0.1) is 27.4 Å². The van der Waals surface area contributed by atoms with Crippen LogP contribution in [-0.4, -0.2) is 39.2 Å². The Morgan fingerprint density at radius 1 is 1.19 bits per heavy atom. The Balaban J connectivity index is 2.94. The number of benzene rings is 1. The number of carbonyl (C=O) groups is 1. The summed E-state index contributed by atoms with van der Waals surface area (Å²) in [4.78, 5) is 11.8. The maximum atomic E-state index is 11.8. The van der Waals surface area contributed by atoms with E-state index >= 15 is 0 Å². The summed E-state index contributed by atoms with van der Waals surface area (Å²) in [5, 5.41) is 2.97. The van der Waals surface area contributed by atoms with Gasteiger partial charge in [-0.3, -0.25) is 4.79 Å². The molecule has 118 valence electrons. The van der Waals surface area contributed by atoms with E-state index in [2.05, 4.69) is 5.32 Å². The number of hydrogen-bond donors (Lipinski definition) is 1. The number of ether oxygens (including phenoxy) is 3. The van der Waals surface area contributed by atoms with E-state index in [1.807, 2.05) is 25.3 Å². The molecule has 21 heavy (non-hydrogen) atoms. The molecule has 0 unspecified atom stereocenters. The van der Waals surface area contributed by atoms with Crippen molar-refractivity contribution < 1.29 is 19.0 Å². The molecular weight excluding hydrogens is 290 g/mol. The van der Waals surface area contributed by atoms with Crippen molar-refractivity contribution in [3.05, 3.63) is 17.7 Å². The SMILES string of the molecule is COc1cc([C@H](C)NC(=O)CCSC)cc(OC)c1OC. The lowest BCUT2D eigenvalue weighted by Crippen LogP contribution is -2.26. The molecule has 0 saturated heterocycles. The first-order chi connectivity index (χ1) is 10.1. The maximum absolute atomic E-state index is 11.8. The van der Waals surface area contributed by atoms with E-state index in [0.717, 1.165) is 11.3 Å². The molecule has 0 bridgehead atoms. The quantitative estimate of drug-likeness (QED) is 0.799. The first-order valence-electron chi connectivity index (χ1n) is 6.65. The Kier molecular flexibility index (Phi) is 7.22. The Morgan fingerprint density at radius 3 is 2.19 bits per heavy atom. The van der Waals surface area contributed by atoms with E-state index in [1.54, 1.807) is 33.1 Å². The standard InChI is InChI=1S/C15H23NO4S/c1-10(16-14(17)6-7-21-5)11-8-12(18-2)15(20-4)13(9-11)19-3/h8-10H,6-7H2,1-5H3,(H,16,17)/t10-/m0/s1. The monoisotopic (exact) mass is 313 g/mol. The number of methoxy groups -OCH3 is 3. The third kappa shape index (κ3) is 4.74. The smallest absolute Gasteiger partial charge is 0.221 e. The number of hydrogen-bond acceptors (Lipinski definition) is 5. The highest BCUT2D eigenvalue weighted by atomic mass is 32.2. The summed E-state index contributed by atoms with van der Waals surface area (Å²) in [6, 6.07) is 3.56. The molecule has 0 heterocycles. The van der Waals surface area contributed by atoms with Gasteiger partial charge in [-0.25, -0.2) is 0 Å². The van der Waals surface area contributed by atoms with Gasteiger partial charge in [-0.15, -0.1) is 0 Å². The number of rotatable bonds is 8. The second kappa shape index (κ2) is 8.67. The molecule has 0 fully saturated rings. The van der Waals surface area contributed by atoms with Gasteiger partial charge in [0, 0.05) is 12.2 Å². The van der Waals surface area contributed by atoms with Crippen molar-refractivity contribution in [2.24, 2.45) is 0 Å². The Labute approximate surface area is 130 Å². The molecule has 0 saturated carbocycles. The summed E-state index contributed by atoms with van der Waals surface area (Å²) in [5.41, 5.74) is 0.905. The minimum absolute atomic E-state index is 0.0330. The third-order valence-electron chi connectivity index (χ3n) is 3.10. The van der Waals surface area contributed by atoms with Gasteiger partial charge < -0.3 is 19.5 Å². The van der Waals surface area contributed by atoms with Crippen molar-refractivity contribution in [2.45, 2.75) is 19.4 Å². The lowest BCUT2D eigenvalue weighted by molar-refractivity contribution is -0.121. The van der Waals surface area contributed by atoms with Gasteiger partial charge in [-0.05, 0) is 30.9 Å². The van der Waals surface area contributed by atoms with Crippen LogP contribution < -0.4 is 19.5 Å². The lowest BCUT2D eigenvalue weighted by Gasteiger charge is -2.18. The number of thioether (sulfide) groups is 1. The van der Waals surface area contributed by atoms with Crippen LogP contribution in [0.3, 0.4) is 0 Å². The molecule has 1 amide bonds. The first kappa shape index (κ1) is 17.5. The van der Waals surface area contributed by atoms with Gasteiger partial charge in [-0.1, -0.05) is 0 Å². The molecular formula is C15H23NO4S. The van der Waals surface area contributed by atoms with E-state index in [0.29, 0.717) is 23.7 Å². The number of nitrogens with one attached hydrogen (secondary N) is 1. The van der Waals surface area contributed by atoms with Gasteiger partial charge in [0.15, 0.2) is 11.5 Å². The normalized spacial score (nSPS) is 11.7. The Morgan fingerprint density at radius 2 is 1.76 bits per heavy atom. The minimum Gasteiger partial charge on any atom is -0.493 e. The van der Waals surface area contributed by atoms with Crippen LogP contribution in [0.2, 0.25) is 0 Å². The van der Waals surface area contributed by atoms with Gasteiger partial charge >= 0.3 is 0 Å². The average molecular weight is 313 g/mol. The van der Waals surface area contributed by atoms with Crippen LogP contribution in [0.4, 0.5) is 0 Å². The highest BCUT2D eigenvalue weighted by Gasteiger charge is 2.17. The van der Waals surface area contributed by atoms with Crippen molar-refractivity contribution in [3.63, 3.8) is 0 Å². The second-order valence-electron chi connectivity index (χ2n) is 4.49. The largest absolute Gasteiger partial charge is 0.493 e. The topological polar surface area (TPSA) is 56.8 Å². The molecule has 0 aliphatic rings. The van der Waals surface area contributed by atoms with E-state index in [9.17, 15) is 4.79 Å². The molecule has 0 aliphatic heterocycles. The second-order valence-corrected chi connectivity index (χ2v) is 5.48. The summed E-state index contributed by atoms with van der Waals surface area (Å²) in [6.45, 7) is 1.93. The van der Waals surface area contributed by atoms with Crippen LogP contribution >= 0.6 is 11.8 Å². The minimum atomic E-state index is -0.131. The Bertz CT molecular complexity index is 454. The molecule has 0 aromatic heterocycles. The van der Waals surface area contributed by atoms with Crippen LogP contribution in [0.15, 0.2) is 12.1 Å². The summed E-state index contributed by atoms with van der Waals surface area (Å²) >= 11 is 1.65. The highest BCUT2D eigenvalue weighted by Crippen LogP contribution is 2.39. The van der Waals surface area contributed by atoms with Gasteiger partial charge in [-0.2, -0.15) is 11.8 Å². The molecule has 6 heteroatoms. The molecule has 1 rings (SSSR count). The fraction of sp³-hybridized carbons (Fsp3) is 0.533. The summed E-state index contributed by atoms with van der Waals surface area (Å²) < 4.78 is 15.9. The van der Waals surface area contributed by atoms with E-state index < -0.39 is 0 Å². The molecule has 1 aromatic rings. The molecule has 0 radical (unpaired) electrons. The zero-order valence-electron chi connectivity index (χ0n) is 13.2. The van der Waals surface area contributed by atoms with Crippen molar-refractivity contribution in [1.82, 2.24) is 5.32 Å². The van der Waals surface area contributed by atoms with Crippen LogP contribution in [-0.2, 0) is 4.79 Å². The van der Waals surface area contributed by atoms with E-state index in [1.165, 1.54) is 0 Å². The predicted molar refractivity (Wildman–Crippen MR) is 85.7 cm³/mol. The van der Waals surface area contributed by atoms with Crippen LogP contribution in [0.5, 0.6) is 17.2 Å². The summed E-state index contributed by atoms with van der Waals surface area (Å²) in [7, 11) is 4.71. The predicted octanol–water partition coefficient (Wildman–Crippen LogP) is 2.64. The number of amides is 1. The summed E-state index contributed by atoms with van der Waals surface area (Å²) in [5.74, 6) is 2.55. The van der Waals surface area contributed by atoms with Crippen molar-refractivity contribution in [3.8, 4) is 17.2 Å². The van der Waals surface area contributed by atoms with Crippen LogP contribution in [0.1, 0.15) is 24.9 Å². The molecule has 5 nitrogen and oxygen atoms in total. The molecule has 0 aliphatic carbocycles. The fourth-order valence-corrected chi connectivity index (χ4v) is 2.33. The molecule has 0 spiro atoms. The molecule has 1 atom stereocenters. The van der Waals surface area contributed by atoms with Crippen LogP contribution in [0.25, 0.3) is 0 Å². The first-order valence-corrected chi connectivity index (χ1v) is 8.04. The molecule has 1 aromatic carbocycles. The van der Waals surface area contributed by atoms with Crippen LogP contribution in [0, 0.1) is 0 Å². The van der Waals surface area contributed by atoms with Gasteiger partial charge in [0.1, 0.15) is 0 Å². The zero-order chi connectivity index (χ0) is 15.8. The van der Waals surface area contributed by atoms with Gasteiger partial charge in [0.25, 0.3) is 0 Å². The maximum Gasteiger partial charge on any atom is 0.221 e. The van der Waals surface area contributed by atoms with E-state index in [4.69, 9.17) is 14.2 Å². The van der Waals surface area contributed by atoms with Gasteiger partial charge in [0.2, 0.25) is 11.7 Å². The fourth-order valence-electron chi connectivity index (χ4n) is 1.94. The van der Waals surface area contributed by atoms with Crippen molar-refractivity contribution in [2.75, 3.05) is 33.3 Å². The zero-order valence-corrected chi connectivity index (χ0v) is 14.0. The van der Waals surface area contributed by atoms with E-state index in [-0.39, 0.29) is 11.9 Å². The van der Waals surface area contributed by atoms with Crippen molar-refractivity contribution in [1.29, 1.82) is 0 Å². The summed E-state index contributed by atoms with van der Waals surface area (Å²) in [6.07, 6.45) is 2.49. The lowest BCUT2D eigenvalue weighted by atomic mass is 10.1.